The fourth-order valence-electron chi connectivity index (χ4n) is 2.69. The van der Waals surface area contributed by atoms with Gasteiger partial charge < -0.3 is 18.8 Å². The molecule has 0 aliphatic heterocycles. The molecule has 1 aromatic heterocycles. The van der Waals surface area contributed by atoms with Gasteiger partial charge >= 0.3 is 0 Å². The summed E-state index contributed by atoms with van der Waals surface area (Å²) >= 11 is 6.07. The molecule has 0 N–H and O–H groups in total. The number of carbonyl (C=O) groups excluding carboxylic acids is 1. The van der Waals surface area contributed by atoms with Crippen LogP contribution in [-0.2, 0) is 13.2 Å². The minimum Gasteiger partial charge on any atom is -0.496 e. The van der Waals surface area contributed by atoms with Crippen LogP contribution in [0.25, 0.3) is 0 Å². The van der Waals surface area contributed by atoms with Gasteiger partial charge in [0.15, 0.2) is 5.76 Å². The van der Waals surface area contributed by atoms with Crippen molar-refractivity contribution in [3.8, 4) is 11.5 Å². The molecule has 1 amide bonds. The van der Waals surface area contributed by atoms with Crippen molar-refractivity contribution >= 4 is 17.5 Å². The lowest BCUT2D eigenvalue weighted by Gasteiger charge is -2.18. The normalized spacial score (nSPS) is 10.5. The fraction of sp³-hybridized carbons (Fsp3) is 0.190. The molecule has 3 aromatic rings. The molecule has 3 rings (SSSR count). The van der Waals surface area contributed by atoms with Crippen LogP contribution in [0.4, 0.5) is 0 Å². The van der Waals surface area contributed by atoms with E-state index >= 15 is 0 Å². The number of halogens is 1. The van der Waals surface area contributed by atoms with Crippen LogP contribution < -0.4 is 9.47 Å². The molecule has 2 aromatic carbocycles. The molecule has 0 aliphatic rings. The molecule has 27 heavy (non-hydrogen) atoms. The molecule has 0 unspecified atom stereocenters. The van der Waals surface area contributed by atoms with Gasteiger partial charge in [-0.15, -0.1) is 0 Å². The van der Waals surface area contributed by atoms with Crippen LogP contribution in [0.15, 0.2) is 65.3 Å². The topological polar surface area (TPSA) is 51.9 Å². The summed E-state index contributed by atoms with van der Waals surface area (Å²) in [6.45, 7) is 0.582. The highest BCUT2D eigenvalue weighted by Crippen LogP contribution is 2.25. The van der Waals surface area contributed by atoms with E-state index in [1.165, 1.54) is 6.26 Å². The van der Waals surface area contributed by atoms with Crippen LogP contribution in [0.2, 0.25) is 5.02 Å². The first-order valence-corrected chi connectivity index (χ1v) is 8.78. The Labute approximate surface area is 163 Å². The van der Waals surface area contributed by atoms with E-state index in [1.807, 2.05) is 30.3 Å². The van der Waals surface area contributed by atoms with Crippen molar-refractivity contribution < 1.29 is 18.7 Å². The summed E-state index contributed by atoms with van der Waals surface area (Å²) < 4.78 is 16.5. The Morgan fingerprint density at radius 3 is 2.63 bits per heavy atom. The first kappa shape index (κ1) is 18.9. The number of para-hydroxylation sites is 1. The van der Waals surface area contributed by atoms with Crippen LogP contribution in [0.1, 0.15) is 21.7 Å². The second kappa shape index (κ2) is 8.64. The second-order valence-electron chi connectivity index (χ2n) is 5.99. The maximum absolute atomic E-state index is 12.8. The Hall–Kier alpha value is -2.92. The highest BCUT2D eigenvalue weighted by atomic mass is 35.5. The molecular formula is C21H20ClNO4. The number of benzene rings is 2. The standard InChI is InChI=1S/C21H20ClNO4/c1-23(13-16-12-17(22)8-9-19(16)25-2)21(24)20-15(10-11-26-20)14-27-18-6-4-3-5-7-18/h3-12H,13-14H2,1-2H3. The van der Waals surface area contributed by atoms with Gasteiger partial charge in [0.05, 0.1) is 13.4 Å². The second-order valence-corrected chi connectivity index (χ2v) is 6.43. The summed E-state index contributed by atoms with van der Waals surface area (Å²) in [5, 5.41) is 0.585. The number of furan rings is 1. The zero-order valence-electron chi connectivity index (χ0n) is 15.1. The van der Waals surface area contributed by atoms with Crippen LogP contribution in [-0.4, -0.2) is 25.0 Å². The lowest BCUT2D eigenvalue weighted by Crippen LogP contribution is -2.27. The maximum atomic E-state index is 12.8. The van der Waals surface area contributed by atoms with Gasteiger partial charge in [0.25, 0.3) is 5.91 Å². The molecule has 5 nitrogen and oxygen atoms in total. The van der Waals surface area contributed by atoms with Crippen LogP contribution in [0.5, 0.6) is 11.5 Å². The van der Waals surface area contributed by atoms with Gasteiger partial charge in [0, 0.05) is 29.7 Å². The predicted octanol–water partition coefficient (Wildman–Crippen LogP) is 4.79. The fourth-order valence-corrected chi connectivity index (χ4v) is 2.88. The summed E-state index contributed by atoms with van der Waals surface area (Å²) in [4.78, 5) is 14.4. The van der Waals surface area contributed by atoms with Crippen molar-refractivity contribution in [1.82, 2.24) is 4.90 Å². The van der Waals surface area contributed by atoms with Crippen LogP contribution in [0, 0.1) is 0 Å². The van der Waals surface area contributed by atoms with Crippen molar-refractivity contribution in [1.29, 1.82) is 0 Å². The molecule has 0 saturated carbocycles. The minimum absolute atomic E-state index is 0.242. The zero-order chi connectivity index (χ0) is 19.2. The lowest BCUT2D eigenvalue weighted by molar-refractivity contribution is 0.0749. The lowest BCUT2D eigenvalue weighted by atomic mass is 10.1. The molecule has 1 heterocycles. The zero-order valence-corrected chi connectivity index (χ0v) is 15.9. The molecule has 0 saturated heterocycles. The van der Waals surface area contributed by atoms with Crippen molar-refractivity contribution in [3.05, 3.63) is 82.8 Å². The number of hydrogen-bond acceptors (Lipinski definition) is 4. The van der Waals surface area contributed by atoms with E-state index in [-0.39, 0.29) is 18.3 Å². The van der Waals surface area contributed by atoms with E-state index in [1.54, 1.807) is 43.3 Å². The third kappa shape index (κ3) is 4.63. The average Bonchev–Trinajstić information content (AvgIpc) is 3.15. The Bertz CT molecular complexity index is 908. The van der Waals surface area contributed by atoms with Gasteiger partial charge in [-0.1, -0.05) is 29.8 Å². The summed E-state index contributed by atoms with van der Waals surface area (Å²) in [6, 6.07) is 16.5. The molecule has 0 fully saturated rings. The third-order valence-corrected chi connectivity index (χ3v) is 4.31. The van der Waals surface area contributed by atoms with E-state index in [9.17, 15) is 4.79 Å². The Morgan fingerprint density at radius 1 is 1.11 bits per heavy atom. The summed E-state index contributed by atoms with van der Waals surface area (Å²) in [6.07, 6.45) is 1.49. The highest BCUT2D eigenvalue weighted by molar-refractivity contribution is 6.30. The summed E-state index contributed by atoms with van der Waals surface area (Å²) in [5.74, 6) is 1.42. The monoisotopic (exact) mass is 385 g/mol. The number of rotatable bonds is 7. The highest BCUT2D eigenvalue weighted by Gasteiger charge is 2.21. The summed E-state index contributed by atoms with van der Waals surface area (Å²) in [7, 11) is 3.28. The van der Waals surface area contributed by atoms with Gasteiger partial charge in [0.1, 0.15) is 18.1 Å². The van der Waals surface area contributed by atoms with Crippen LogP contribution in [0.3, 0.4) is 0 Å². The number of hydrogen-bond donors (Lipinski definition) is 0. The molecule has 0 spiro atoms. The number of carbonyl (C=O) groups is 1. The average molecular weight is 386 g/mol. The molecule has 0 aliphatic carbocycles. The molecular weight excluding hydrogens is 366 g/mol. The molecule has 0 atom stereocenters. The van der Waals surface area contributed by atoms with E-state index in [0.29, 0.717) is 22.9 Å². The smallest absolute Gasteiger partial charge is 0.290 e. The van der Waals surface area contributed by atoms with Crippen molar-refractivity contribution in [2.24, 2.45) is 0 Å². The SMILES string of the molecule is COc1ccc(Cl)cc1CN(C)C(=O)c1occc1COc1ccccc1. The van der Waals surface area contributed by atoms with Crippen LogP contribution >= 0.6 is 11.6 Å². The van der Waals surface area contributed by atoms with Crippen molar-refractivity contribution in [2.45, 2.75) is 13.2 Å². The molecule has 0 bridgehead atoms. The summed E-state index contributed by atoms with van der Waals surface area (Å²) in [5.41, 5.74) is 1.50. The van der Waals surface area contributed by atoms with Gasteiger partial charge in [-0.05, 0) is 36.4 Å². The largest absolute Gasteiger partial charge is 0.496 e. The van der Waals surface area contributed by atoms with Gasteiger partial charge in [-0.3, -0.25) is 4.79 Å². The molecule has 0 radical (unpaired) electrons. The number of ether oxygens (including phenoxy) is 2. The first-order chi connectivity index (χ1) is 13.1. The van der Waals surface area contributed by atoms with Crippen molar-refractivity contribution in [2.75, 3.05) is 14.2 Å². The molecule has 6 heteroatoms. The Morgan fingerprint density at radius 2 is 1.89 bits per heavy atom. The van der Waals surface area contributed by atoms with E-state index in [2.05, 4.69) is 0 Å². The van der Waals surface area contributed by atoms with E-state index in [4.69, 9.17) is 25.5 Å². The van der Waals surface area contributed by atoms with E-state index < -0.39 is 0 Å². The van der Waals surface area contributed by atoms with Gasteiger partial charge in [0.2, 0.25) is 0 Å². The first-order valence-electron chi connectivity index (χ1n) is 8.40. The number of nitrogens with zero attached hydrogens (tertiary/aromatic N) is 1. The van der Waals surface area contributed by atoms with Gasteiger partial charge in [-0.2, -0.15) is 0 Å². The van der Waals surface area contributed by atoms with E-state index in [0.717, 1.165) is 11.3 Å². The number of amides is 1. The third-order valence-electron chi connectivity index (χ3n) is 4.08. The van der Waals surface area contributed by atoms with Crippen molar-refractivity contribution in [3.63, 3.8) is 0 Å². The number of methoxy groups -OCH3 is 1. The predicted molar refractivity (Wildman–Crippen MR) is 103 cm³/mol. The minimum atomic E-state index is -0.242. The van der Waals surface area contributed by atoms with Gasteiger partial charge in [-0.25, -0.2) is 0 Å². The Kier molecular flexibility index (Phi) is 6.04. The molecule has 140 valence electrons. The maximum Gasteiger partial charge on any atom is 0.290 e. The Balaban J connectivity index is 1.71. The quantitative estimate of drug-likeness (QED) is 0.586.